The molecule has 1 aliphatic carbocycles. The Kier molecular flexibility index (Phi) is 8.16. The van der Waals surface area contributed by atoms with Gasteiger partial charge in [0.15, 0.2) is 5.82 Å². The number of nitrogens with one attached hydrogen (secondary N) is 1. The minimum absolute atomic E-state index is 0.0279. The number of pyridine rings is 1. The number of carbonyl (C=O) groups excluding carboxylic acids is 1. The van der Waals surface area contributed by atoms with Gasteiger partial charge < -0.3 is 15.2 Å². The van der Waals surface area contributed by atoms with Crippen molar-refractivity contribution in [2.75, 3.05) is 13.7 Å². The first-order valence-corrected chi connectivity index (χ1v) is 9.70. The van der Waals surface area contributed by atoms with Crippen molar-refractivity contribution in [1.82, 2.24) is 15.3 Å². The summed E-state index contributed by atoms with van der Waals surface area (Å²) in [6, 6.07) is 3.37. The van der Waals surface area contributed by atoms with E-state index in [-0.39, 0.29) is 17.6 Å². The van der Waals surface area contributed by atoms with E-state index in [1.54, 1.807) is 19.1 Å². The number of rotatable bonds is 7. The first-order valence-electron chi connectivity index (χ1n) is 9.70. The van der Waals surface area contributed by atoms with Gasteiger partial charge in [-0.15, -0.1) is 0 Å². The summed E-state index contributed by atoms with van der Waals surface area (Å²) in [6.45, 7) is 0.959. The maximum absolute atomic E-state index is 12.2. The Morgan fingerprint density at radius 2 is 1.97 bits per heavy atom. The van der Waals surface area contributed by atoms with E-state index in [9.17, 15) is 18.0 Å². The smallest absolute Gasteiger partial charge is 0.412 e. The van der Waals surface area contributed by atoms with Crippen LogP contribution in [0.15, 0.2) is 18.0 Å². The van der Waals surface area contributed by atoms with Crippen molar-refractivity contribution in [2.45, 2.75) is 57.7 Å². The average Bonchev–Trinajstić information content (AvgIpc) is 2.66. The molecule has 1 amide bonds. The lowest BCUT2D eigenvalue weighted by Gasteiger charge is -2.24. The number of halogens is 3. The van der Waals surface area contributed by atoms with Crippen molar-refractivity contribution in [2.24, 2.45) is 11.6 Å². The molecule has 1 saturated carbocycles. The fraction of sp³-hybridized carbons (Fsp3) is 0.579. The molecule has 0 atom stereocenters. The van der Waals surface area contributed by atoms with Crippen molar-refractivity contribution in [3.63, 3.8) is 0 Å². The standard InChI is InChI=1S/C19H28F3N5O3/c1-12-15(30-13-6-4-3-5-7-13)9-8-14(25-12)16(23)17(27(2)24)26-18(28)29-11-10-19(20,21)22/h8-9,13H,3-7,10-11,23-24H2,1-2H3,(H,26,28)/b17-16-. The zero-order valence-electron chi connectivity index (χ0n) is 17.1. The second kappa shape index (κ2) is 10.4. The normalized spacial score (nSPS) is 15.9. The number of nitrogens with zero attached hydrogens (tertiary/aromatic N) is 2. The third-order valence-electron chi connectivity index (χ3n) is 4.61. The van der Waals surface area contributed by atoms with E-state index in [0.717, 1.165) is 30.7 Å². The topological polar surface area (TPSA) is 116 Å². The van der Waals surface area contributed by atoms with Gasteiger partial charge in [-0.1, -0.05) is 6.42 Å². The fourth-order valence-corrected chi connectivity index (χ4v) is 3.04. The number of alkyl carbamates (subject to hydrolysis) is 1. The fourth-order valence-electron chi connectivity index (χ4n) is 3.04. The molecule has 168 valence electrons. The molecule has 1 aromatic heterocycles. The van der Waals surface area contributed by atoms with Crippen LogP contribution in [0.25, 0.3) is 5.70 Å². The number of aryl methyl sites for hydroxylation is 1. The largest absolute Gasteiger partial charge is 0.489 e. The zero-order chi connectivity index (χ0) is 22.3. The summed E-state index contributed by atoms with van der Waals surface area (Å²) in [5.41, 5.74) is 7.07. The van der Waals surface area contributed by atoms with E-state index in [2.05, 4.69) is 15.0 Å². The maximum atomic E-state index is 12.2. The van der Waals surface area contributed by atoms with Crippen molar-refractivity contribution in [3.8, 4) is 5.75 Å². The maximum Gasteiger partial charge on any atom is 0.412 e. The minimum atomic E-state index is -4.43. The second-order valence-corrected chi connectivity index (χ2v) is 7.16. The van der Waals surface area contributed by atoms with Crippen LogP contribution in [-0.2, 0) is 4.74 Å². The van der Waals surface area contributed by atoms with Gasteiger partial charge >= 0.3 is 12.3 Å². The lowest BCUT2D eigenvalue weighted by molar-refractivity contribution is -0.141. The summed E-state index contributed by atoms with van der Waals surface area (Å²) in [7, 11) is 1.41. The van der Waals surface area contributed by atoms with Gasteiger partial charge in [0.2, 0.25) is 0 Å². The summed E-state index contributed by atoms with van der Waals surface area (Å²) in [5, 5.41) is 3.27. The Bertz CT molecular complexity index is 762. The molecular formula is C19H28F3N5O3. The van der Waals surface area contributed by atoms with Gasteiger partial charge in [-0.3, -0.25) is 10.3 Å². The Balaban J connectivity index is 2.09. The number of nitrogens with two attached hydrogens (primary N) is 2. The Morgan fingerprint density at radius 3 is 2.53 bits per heavy atom. The molecule has 8 nitrogen and oxygen atoms in total. The van der Waals surface area contributed by atoms with Crippen molar-refractivity contribution >= 4 is 11.8 Å². The van der Waals surface area contributed by atoms with Crippen molar-refractivity contribution in [3.05, 3.63) is 29.3 Å². The van der Waals surface area contributed by atoms with Gasteiger partial charge in [0.05, 0.1) is 23.9 Å². The molecule has 2 rings (SSSR count). The van der Waals surface area contributed by atoms with Gasteiger partial charge in [-0.2, -0.15) is 13.2 Å². The highest BCUT2D eigenvalue weighted by Crippen LogP contribution is 2.26. The number of alkyl halides is 3. The van der Waals surface area contributed by atoms with E-state index in [0.29, 0.717) is 17.1 Å². The minimum Gasteiger partial charge on any atom is -0.489 e. The van der Waals surface area contributed by atoms with Crippen LogP contribution < -0.4 is 21.6 Å². The van der Waals surface area contributed by atoms with Crippen LogP contribution in [0.5, 0.6) is 5.75 Å². The number of amides is 1. The molecular weight excluding hydrogens is 403 g/mol. The van der Waals surface area contributed by atoms with Crippen LogP contribution in [-0.4, -0.2) is 42.0 Å². The molecule has 0 spiro atoms. The first-order chi connectivity index (χ1) is 14.1. The summed E-state index contributed by atoms with van der Waals surface area (Å²) >= 11 is 0. The molecule has 11 heteroatoms. The second-order valence-electron chi connectivity index (χ2n) is 7.16. The molecule has 0 saturated heterocycles. The van der Waals surface area contributed by atoms with Crippen LogP contribution >= 0.6 is 0 Å². The Hall–Kier alpha value is -2.69. The number of hydrogen-bond acceptors (Lipinski definition) is 7. The zero-order valence-corrected chi connectivity index (χ0v) is 17.1. The molecule has 0 unspecified atom stereocenters. The van der Waals surface area contributed by atoms with E-state index in [1.807, 2.05) is 0 Å². The quantitative estimate of drug-likeness (QED) is 0.449. The summed E-state index contributed by atoms with van der Waals surface area (Å²) in [4.78, 5) is 16.2. The lowest BCUT2D eigenvalue weighted by atomic mass is 9.98. The van der Waals surface area contributed by atoms with Gasteiger partial charge in [0.1, 0.15) is 18.1 Å². The summed E-state index contributed by atoms with van der Waals surface area (Å²) in [6.07, 6.45) is -1.11. The molecule has 5 N–H and O–H groups in total. The van der Waals surface area contributed by atoms with Crippen LogP contribution in [0.4, 0.5) is 18.0 Å². The molecule has 0 bridgehead atoms. The van der Waals surface area contributed by atoms with E-state index in [1.165, 1.54) is 13.5 Å². The predicted molar refractivity (Wildman–Crippen MR) is 105 cm³/mol. The van der Waals surface area contributed by atoms with Gasteiger partial charge in [0.25, 0.3) is 0 Å². The van der Waals surface area contributed by atoms with E-state index >= 15 is 0 Å². The molecule has 1 heterocycles. The van der Waals surface area contributed by atoms with Crippen molar-refractivity contribution < 1.29 is 27.4 Å². The number of carbonyl (C=O) groups is 1. The summed E-state index contributed by atoms with van der Waals surface area (Å²) in [5.74, 6) is 6.30. The Labute approximate surface area is 173 Å². The molecule has 1 fully saturated rings. The highest BCUT2D eigenvalue weighted by Gasteiger charge is 2.27. The molecule has 0 aromatic carbocycles. The summed E-state index contributed by atoms with van der Waals surface area (Å²) < 4.78 is 47.1. The van der Waals surface area contributed by atoms with Gasteiger partial charge in [-0.05, 0) is 44.7 Å². The highest BCUT2D eigenvalue weighted by molar-refractivity contribution is 5.74. The first kappa shape index (κ1) is 23.6. The number of hydrogen-bond donors (Lipinski definition) is 3. The average molecular weight is 431 g/mol. The molecule has 1 aliphatic rings. The van der Waals surface area contributed by atoms with Crippen LogP contribution in [0, 0.1) is 6.92 Å². The SMILES string of the molecule is Cc1nc(/C(N)=C(\NC(=O)OCCC(F)(F)F)N(C)N)ccc1OC1CCCCC1. The molecule has 0 radical (unpaired) electrons. The van der Waals surface area contributed by atoms with Crippen LogP contribution in [0.3, 0.4) is 0 Å². The number of hydrazine groups is 1. The Morgan fingerprint density at radius 1 is 1.30 bits per heavy atom. The van der Waals surface area contributed by atoms with Crippen LogP contribution in [0.1, 0.15) is 49.9 Å². The van der Waals surface area contributed by atoms with Gasteiger partial charge in [-0.25, -0.2) is 15.6 Å². The van der Waals surface area contributed by atoms with E-state index in [4.69, 9.17) is 16.3 Å². The molecule has 30 heavy (non-hydrogen) atoms. The lowest BCUT2D eigenvalue weighted by Crippen LogP contribution is -2.39. The van der Waals surface area contributed by atoms with Crippen LogP contribution in [0.2, 0.25) is 0 Å². The third kappa shape index (κ3) is 7.29. The molecule has 0 aliphatic heterocycles. The van der Waals surface area contributed by atoms with Gasteiger partial charge in [0, 0.05) is 7.05 Å². The monoisotopic (exact) mass is 431 g/mol. The predicted octanol–water partition coefficient (Wildman–Crippen LogP) is 3.17. The van der Waals surface area contributed by atoms with Crippen molar-refractivity contribution in [1.29, 1.82) is 0 Å². The third-order valence-corrected chi connectivity index (χ3v) is 4.61. The molecule has 1 aromatic rings. The number of ether oxygens (including phenoxy) is 2. The van der Waals surface area contributed by atoms with E-state index < -0.39 is 25.3 Å². The number of aromatic nitrogens is 1. The highest BCUT2D eigenvalue weighted by atomic mass is 19.4.